The van der Waals surface area contributed by atoms with E-state index in [1.165, 1.54) is 4.90 Å². The van der Waals surface area contributed by atoms with Gasteiger partial charge in [0.15, 0.2) is 0 Å². The average molecular weight is 436 g/mol. The lowest BCUT2D eigenvalue weighted by molar-refractivity contribution is -0.136. The molecule has 0 radical (unpaired) electrons. The minimum absolute atomic E-state index is 0.0696. The van der Waals surface area contributed by atoms with Crippen LogP contribution in [0.3, 0.4) is 0 Å². The Balaban J connectivity index is 1.35. The number of rotatable bonds is 3. The lowest BCUT2D eigenvalue weighted by Crippen LogP contribution is -2.54. The number of ether oxygens (including phenoxy) is 1. The lowest BCUT2D eigenvalue weighted by Gasteiger charge is -2.35. The highest BCUT2D eigenvalue weighted by molar-refractivity contribution is 6.30. The summed E-state index contributed by atoms with van der Waals surface area (Å²) in [6.45, 7) is 4.56. The van der Waals surface area contributed by atoms with E-state index in [2.05, 4.69) is 10.4 Å². The van der Waals surface area contributed by atoms with E-state index in [4.69, 9.17) is 16.3 Å². The second-order valence-electron chi connectivity index (χ2n) is 7.10. The molecule has 1 aromatic heterocycles. The average Bonchev–Trinajstić information content (AvgIpc) is 3.16. The minimum Gasteiger partial charge on any atom is -0.378 e. The maximum atomic E-state index is 12.7. The summed E-state index contributed by atoms with van der Waals surface area (Å²) in [7, 11) is 0. The fourth-order valence-electron chi connectivity index (χ4n) is 3.45. The van der Waals surface area contributed by atoms with Crippen molar-refractivity contribution in [1.29, 1.82) is 0 Å². The molecule has 2 aliphatic rings. The van der Waals surface area contributed by atoms with Gasteiger partial charge >= 0.3 is 11.7 Å². The Morgan fingerprint density at radius 1 is 0.933 bits per heavy atom. The number of tetrazole rings is 1. The molecular weight excluding hydrogens is 414 g/mol. The standard InChI is InChI=1S/C18H22ClN7O4/c19-14-1-3-15(4-2-14)25-18(29)26(21-20-25)17(28)24-7-5-22(6-8-24)13-16(27)23-9-11-30-12-10-23/h1-4H,5-13H2. The number of piperazine rings is 1. The molecule has 2 aromatic rings. The van der Waals surface area contributed by atoms with Gasteiger partial charge in [0.2, 0.25) is 5.91 Å². The maximum Gasteiger partial charge on any atom is 0.377 e. The molecule has 160 valence electrons. The second-order valence-corrected chi connectivity index (χ2v) is 7.54. The normalized spacial score (nSPS) is 17.9. The predicted octanol–water partition coefficient (Wildman–Crippen LogP) is -0.473. The molecular formula is C18H22ClN7O4. The number of nitrogens with zero attached hydrogens (tertiary/aromatic N) is 7. The van der Waals surface area contributed by atoms with Crippen molar-refractivity contribution < 1.29 is 14.3 Å². The third kappa shape index (κ3) is 4.37. The fraction of sp³-hybridized carbons (Fsp3) is 0.500. The quantitative estimate of drug-likeness (QED) is 0.600. The Morgan fingerprint density at radius 2 is 1.60 bits per heavy atom. The molecule has 2 saturated heterocycles. The van der Waals surface area contributed by atoms with Crippen molar-refractivity contribution in [3.05, 3.63) is 39.8 Å². The van der Waals surface area contributed by atoms with Gasteiger partial charge in [-0.05, 0) is 34.7 Å². The summed E-state index contributed by atoms with van der Waals surface area (Å²) in [4.78, 5) is 43.0. The van der Waals surface area contributed by atoms with Gasteiger partial charge in [0.1, 0.15) is 0 Å². The smallest absolute Gasteiger partial charge is 0.377 e. The van der Waals surface area contributed by atoms with Crippen molar-refractivity contribution in [2.45, 2.75) is 0 Å². The molecule has 1 aromatic carbocycles. The minimum atomic E-state index is -0.646. The summed E-state index contributed by atoms with van der Waals surface area (Å²) in [6.07, 6.45) is 0. The zero-order valence-corrected chi connectivity index (χ0v) is 17.1. The first kappa shape index (κ1) is 20.5. The van der Waals surface area contributed by atoms with Gasteiger partial charge < -0.3 is 14.5 Å². The summed E-state index contributed by atoms with van der Waals surface area (Å²) in [6, 6.07) is 5.97. The summed E-state index contributed by atoms with van der Waals surface area (Å²) < 4.78 is 7.07. The SMILES string of the molecule is O=C(CN1CCN(C(=O)n2nnn(-c3ccc(Cl)cc3)c2=O)CC1)N1CCOCC1. The molecule has 0 atom stereocenters. The largest absolute Gasteiger partial charge is 0.378 e. The van der Waals surface area contributed by atoms with Crippen LogP contribution in [0, 0.1) is 0 Å². The van der Waals surface area contributed by atoms with Gasteiger partial charge in [-0.3, -0.25) is 9.69 Å². The molecule has 0 bridgehead atoms. The number of halogens is 1. The Morgan fingerprint density at radius 3 is 2.27 bits per heavy atom. The van der Waals surface area contributed by atoms with E-state index in [1.54, 1.807) is 29.2 Å². The summed E-state index contributed by atoms with van der Waals surface area (Å²) in [5.41, 5.74) is -0.179. The molecule has 2 aliphatic heterocycles. The van der Waals surface area contributed by atoms with E-state index in [0.29, 0.717) is 69.7 Å². The number of morpholine rings is 1. The van der Waals surface area contributed by atoms with Crippen molar-refractivity contribution in [1.82, 2.24) is 34.5 Å². The number of amides is 2. The molecule has 30 heavy (non-hydrogen) atoms. The highest BCUT2D eigenvalue weighted by Crippen LogP contribution is 2.11. The first-order chi connectivity index (χ1) is 14.5. The van der Waals surface area contributed by atoms with Gasteiger partial charge in [-0.1, -0.05) is 11.6 Å². The molecule has 2 fully saturated rings. The van der Waals surface area contributed by atoms with E-state index < -0.39 is 11.7 Å². The molecule has 0 unspecified atom stereocenters. The first-order valence-corrected chi connectivity index (χ1v) is 10.1. The number of carbonyl (C=O) groups is 2. The Hall–Kier alpha value is -2.76. The van der Waals surface area contributed by atoms with Crippen LogP contribution in [0.5, 0.6) is 0 Å². The molecule has 0 N–H and O–H groups in total. The topological polar surface area (TPSA) is 106 Å². The summed E-state index contributed by atoms with van der Waals surface area (Å²) >= 11 is 5.86. The third-order valence-electron chi connectivity index (χ3n) is 5.20. The van der Waals surface area contributed by atoms with E-state index in [-0.39, 0.29) is 5.91 Å². The van der Waals surface area contributed by atoms with Crippen LogP contribution in [0.2, 0.25) is 5.02 Å². The van der Waals surface area contributed by atoms with Crippen molar-refractivity contribution in [3.63, 3.8) is 0 Å². The number of hydrogen-bond donors (Lipinski definition) is 0. The molecule has 3 heterocycles. The monoisotopic (exact) mass is 435 g/mol. The van der Waals surface area contributed by atoms with E-state index in [9.17, 15) is 14.4 Å². The second kappa shape index (κ2) is 8.94. The van der Waals surface area contributed by atoms with Crippen molar-refractivity contribution in [3.8, 4) is 5.69 Å². The molecule has 11 nitrogen and oxygen atoms in total. The van der Waals surface area contributed by atoms with Gasteiger partial charge in [0.25, 0.3) is 0 Å². The zero-order chi connectivity index (χ0) is 21.1. The summed E-state index contributed by atoms with van der Waals surface area (Å²) in [5, 5.41) is 8.05. The van der Waals surface area contributed by atoms with Crippen LogP contribution in [0.15, 0.2) is 29.1 Å². The lowest BCUT2D eigenvalue weighted by atomic mass is 10.3. The fourth-order valence-corrected chi connectivity index (χ4v) is 3.57. The van der Waals surface area contributed by atoms with Crippen LogP contribution >= 0.6 is 11.6 Å². The zero-order valence-electron chi connectivity index (χ0n) is 16.3. The van der Waals surface area contributed by atoms with Gasteiger partial charge in [0, 0.05) is 44.3 Å². The van der Waals surface area contributed by atoms with Crippen molar-refractivity contribution in [2.75, 3.05) is 59.0 Å². The molecule has 2 amide bonds. The number of benzene rings is 1. The molecule has 0 saturated carbocycles. The van der Waals surface area contributed by atoms with Crippen LogP contribution in [0.4, 0.5) is 4.79 Å². The van der Waals surface area contributed by atoms with Gasteiger partial charge in [-0.25, -0.2) is 9.59 Å². The van der Waals surface area contributed by atoms with Crippen LogP contribution in [0.25, 0.3) is 5.69 Å². The van der Waals surface area contributed by atoms with Gasteiger partial charge in [-0.2, -0.15) is 4.68 Å². The van der Waals surface area contributed by atoms with E-state index >= 15 is 0 Å². The number of aromatic nitrogens is 4. The first-order valence-electron chi connectivity index (χ1n) is 9.71. The molecule has 0 aliphatic carbocycles. The third-order valence-corrected chi connectivity index (χ3v) is 5.45. The maximum absolute atomic E-state index is 12.7. The van der Waals surface area contributed by atoms with Crippen molar-refractivity contribution >= 4 is 23.5 Å². The highest BCUT2D eigenvalue weighted by Gasteiger charge is 2.27. The Kier molecular flexibility index (Phi) is 6.11. The van der Waals surface area contributed by atoms with Gasteiger partial charge in [-0.15, -0.1) is 4.68 Å². The van der Waals surface area contributed by atoms with Crippen molar-refractivity contribution in [2.24, 2.45) is 0 Å². The van der Waals surface area contributed by atoms with Crippen LogP contribution in [-0.2, 0) is 9.53 Å². The predicted molar refractivity (Wildman–Crippen MR) is 107 cm³/mol. The van der Waals surface area contributed by atoms with Crippen LogP contribution < -0.4 is 5.69 Å². The number of carbonyl (C=O) groups excluding carboxylic acids is 2. The van der Waals surface area contributed by atoms with E-state index in [1.807, 2.05) is 4.90 Å². The Bertz CT molecular complexity index is 960. The Labute approximate surface area is 177 Å². The molecule has 0 spiro atoms. The number of hydrogen-bond acceptors (Lipinski definition) is 7. The van der Waals surface area contributed by atoms with Crippen LogP contribution in [0.1, 0.15) is 0 Å². The molecule has 12 heteroatoms. The van der Waals surface area contributed by atoms with Gasteiger partial charge in [0.05, 0.1) is 25.4 Å². The molecule has 4 rings (SSSR count). The summed E-state index contributed by atoms with van der Waals surface area (Å²) in [5.74, 6) is 0.0696. The van der Waals surface area contributed by atoms with Crippen LogP contribution in [-0.4, -0.2) is 105 Å². The van der Waals surface area contributed by atoms with E-state index in [0.717, 1.165) is 9.36 Å². The highest BCUT2D eigenvalue weighted by atomic mass is 35.5.